The summed E-state index contributed by atoms with van der Waals surface area (Å²) >= 11 is 0. The molecule has 0 aliphatic carbocycles. The van der Waals surface area contributed by atoms with E-state index in [1.165, 1.54) is 33.5 Å². The lowest BCUT2D eigenvalue weighted by atomic mass is 10.1. The fourth-order valence-electron chi connectivity index (χ4n) is 2.93. The van der Waals surface area contributed by atoms with Crippen LogP contribution in [-0.4, -0.2) is 54.6 Å². The van der Waals surface area contributed by atoms with Gasteiger partial charge in [0.25, 0.3) is 11.6 Å². The smallest absolute Gasteiger partial charge is 0.270 e. The molecule has 1 saturated heterocycles. The van der Waals surface area contributed by atoms with Crippen LogP contribution in [0, 0.1) is 17.0 Å². The van der Waals surface area contributed by atoms with Crippen molar-refractivity contribution in [2.45, 2.75) is 11.8 Å². The highest BCUT2D eigenvalue weighted by Gasteiger charge is 2.30. The molecule has 0 aromatic heterocycles. The Morgan fingerprint density at radius 1 is 1.04 bits per heavy atom. The number of nitrogens with zero attached hydrogens (tertiary/aromatic N) is 3. The summed E-state index contributed by atoms with van der Waals surface area (Å²) in [5, 5.41) is 10.9. The van der Waals surface area contributed by atoms with E-state index in [1.807, 2.05) is 6.92 Å². The Hall–Kier alpha value is -2.78. The second-order valence-corrected chi connectivity index (χ2v) is 8.25. The lowest BCUT2D eigenvalue weighted by molar-refractivity contribution is -0.384. The van der Waals surface area contributed by atoms with Gasteiger partial charge in [0.2, 0.25) is 10.0 Å². The Kier molecular flexibility index (Phi) is 5.24. The average Bonchev–Trinajstić information content (AvgIpc) is 2.68. The molecule has 0 saturated carbocycles. The number of carbonyl (C=O) groups excluding carboxylic acids is 1. The van der Waals surface area contributed by atoms with Gasteiger partial charge in [-0.3, -0.25) is 14.9 Å². The van der Waals surface area contributed by atoms with Gasteiger partial charge in [-0.2, -0.15) is 4.31 Å². The number of hydrogen-bond acceptors (Lipinski definition) is 5. The number of aryl methyl sites for hydroxylation is 1. The van der Waals surface area contributed by atoms with E-state index in [4.69, 9.17) is 0 Å². The van der Waals surface area contributed by atoms with Gasteiger partial charge in [0, 0.05) is 43.9 Å². The molecule has 27 heavy (non-hydrogen) atoms. The highest BCUT2D eigenvalue weighted by atomic mass is 32.2. The van der Waals surface area contributed by atoms with Crippen molar-refractivity contribution >= 4 is 21.6 Å². The number of nitro benzene ring substituents is 1. The molecule has 142 valence electrons. The maximum Gasteiger partial charge on any atom is 0.270 e. The molecular formula is C18H19N3O5S. The molecule has 8 nitrogen and oxygen atoms in total. The van der Waals surface area contributed by atoms with Crippen LogP contribution in [0.15, 0.2) is 53.4 Å². The van der Waals surface area contributed by atoms with Crippen LogP contribution in [0.5, 0.6) is 0 Å². The number of piperazine rings is 1. The summed E-state index contributed by atoms with van der Waals surface area (Å²) in [6.45, 7) is 2.70. The molecular weight excluding hydrogens is 370 g/mol. The first kappa shape index (κ1) is 19.0. The summed E-state index contributed by atoms with van der Waals surface area (Å²) in [5.74, 6) is -0.342. The maximum absolute atomic E-state index is 12.7. The largest absolute Gasteiger partial charge is 0.336 e. The van der Waals surface area contributed by atoms with E-state index in [0.717, 1.165) is 5.56 Å². The van der Waals surface area contributed by atoms with Gasteiger partial charge in [-0.1, -0.05) is 23.8 Å². The predicted octanol–water partition coefficient (Wildman–Crippen LogP) is 2.05. The van der Waals surface area contributed by atoms with Crippen LogP contribution in [-0.2, 0) is 10.0 Å². The zero-order valence-corrected chi connectivity index (χ0v) is 15.6. The van der Waals surface area contributed by atoms with Crippen molar-refractivity contribution in [1.29, 1.82) is 0 Å². The summed E-state index contributed by atoms with van der Waals surface area (Å²) in [7, 11) is -3.60. The standard InChI is InChI=1S/C18H19N3O5S/c1-14-5-7-17(8-6-14)27(25,26)20-11-9-19(10-12-20)18(22)15-3-2-4-16(13-15)21(23)24/h2-8,13H,9-12H2,1H3. The van der Waals surface area contributed by atoms with E-state index < -0.39 is 14.9 Å². The van der Waals surface area contributed by atoms with Crippen molar-refractivity contribution in [2.24, 2.45) is 0 Å². The quantitative estimate of drug-likeness (QED) is 0.588. The highest BCUT2D eigenvalue weighted by Crippen LogP contribution is 2.20. The first-order valence-corrected chi connectivity index (χ1v) is 9.83. The molecule has 2 aromatic carbocycles. The molecule has 3 rings (SSSR count). The summed E-state index contributed by atoms with van der Waals surface area (Å²) in [4.78, 5) is 24.6. The number of non-ortho nitro benzene ring substituents is 1. The number of carbonyl (C=O) groups is 1. The monoisotopic (exact) mass is 389 g/mol. The van der Waals surface area contributed by atoms with E-state index >= 15 is 0 Å². The van der Waals surface area contributed by atoms with E-state index in [1.54, 1.807) is 24.3 Å². The second kappa shape index (κ2) is 7.45. The number of sulfonamides is 1. The second-order valence-electron chi connectivity index (χ2n) is 6.32. The van der Waals surface area contributed by atoms with Gasteiger partial charge in [0.05, 0.1) is 9.82 Å². The first-order chi connectivity index (χ1) is 12.8. The van der Waals surface area contributed by atoms with Gasteiger partial charge >= 0.3 is 0 Å². The van der Waals surface area contributed by atoms with Crippen LogP contribution in [0.3, 0.4) is 0 Å². The van der Waals surface area contributed by atoms with Gasteiger partial charge in [-0.05, 0) is 25.1 Å². The minimum atomic E-state index is -3.60. The number of amides is 1. The lowest BCUT2D eigenvalue weighted by Crippen LogP contribution is -2.50. The van der Waals surface area contributed by atoms with Gasteiger partial charge in [-0.25, -0.2) is 8.42 Å². The van der Waals surface area contributed by atoms with E-state index in [9.17, 15) is 23.3 Å². The van der Waals surface area contributed by atoms with Gasteiger partial charge < -0.3 is 4.90 Å². The number of benzene rings is 2. The van der Waals surface area contributed by atoms with Crippen molar-refractivity contribution in [1.82, 2.24) is 9.21 Å². The first-order valence-electron chi connectivity index (χ1n) is 8.39. The fraction of sp³-hybridized carbons (Fsp3) is 0.278. The summed E-state index contributed by atoms with van der Waals surface area (Å²) in [6, 6.07) is 12.2. The molecule has 1 aliphatic heterocycles. The molecule has 0 N–H and O–H groups in total. The van der Waals surface area contributed by atoms with Gasteiger partial charge in [-0.15, -0.1) is 0 Å². The van der Waals surface area contributed by atoms with Gasteiger partial charge in [0.1, 0.15) is 0 Å². The molecule has 0 radical (unpaired) electrons. The van der Waals surface area contributed by atoms with Gasteiger partial charge in [0.15, 0.2) is 0 Å². The maximum atomic E-state index is 12.7. The Morgan fingerprint density at radius 3 is 2.26 bits per heavy atom. The summed E-state index contributed by atoms with van der Waals surface area (Å²) in [5.41, 5.74) is 1.04. The number of hydrogen-bond donors (Lipinski definition) is 0. The zero-order valence-electron chi connectivity index (χ0n) is 14.7. The SMILES string of the molecule is Cc1ccc(S(=O)(=O)N2CCN(C(=O)c3cccc([N+](=O)[O-])c3)CC2)cc1. The molecule has 0 spiro atoms. The molecule has 1 aliphatic rings. The Morgan fingerprint density at radius 2 is 1.67 bits per heavy atom. The highest BCUT2D eigenvalue weighted by molar-refractivity contribution is 7.89. The van der Waals surface area contributed by atoms with E-state index in [2.05, 4.69) is 0 Å². The van der Waals surface area contributed by atoms with Crippen molar-refractivity contribution in [3.8, 4) is 0 Å². The van der Waals surface area contributed by atoms with Crippen LogP contribution >= 0.6 is 0 Å². The minimum absolute atomic E-state index is 0.151. The average molecular weight is 389 g/mol. The summed E-state index contributed by atoms with van der Waals surface area (Å²) in [6.07, 6.45) is 0. The minimum Gasteiger partial charge on any atom is -0.336 e. The topological polar surface area (TPSA) is 101 Å². The van der Waals surface area contributed by atoms with Crippen LogP contribution in [0.4, 0.5) is 5.69 Å². The molecule has 0 unspecified atom stereocenters. The summed E-state index contributed by atoms with van der Waals surface area (Å²) < 4.78 is 26.8. The Balaban J connectivity index is 1.69. The van der Waals surface area contributed by atoms with Crippen molar-refractivity contribution in [3.05, 3.63) is 69.8 Å². The van der Waals surface area contributed by atoms with Crippen LogP contribution < -0.4 is 0 Å². The number of nitro groups is 1. The molecule has 0 atom stereocenters. The van der Waals surface area contributed by atoms with Crippen LogP contribution in [0.1, 0.15) is 15.9 Å². The lowest BCUT2D eigenvalue weighted by Gasteiger charge is -2.34. The molecule has 1 heterocycles. The fourth-order valence-corrected chi connectivity index (χ4v) is 4.35. The third-order valence-electron chi connectivity index (χ3n) is 4.49. The van der Waals surface area contributed by atoms with Crippen LogP contribution in [0.25, 0.3) is 0 Å². The number of rotatable bonds is 4. The molecule has 0 bridgehead atoms. The molecule has 9 heteroatoms. The predicted molar refractivity (Wildman–Crippen MR) is 98.9 cm³/mol. The normalized spacial score (nSPS) is 15.5. The Labute approximate surface area is 157 Å². The molecule has 1 amide bonds. The van der Waals surface area contributed by atoms with Crippen molar-refractivity contribution in [3.63, 3.8) is 0 Å². The molecule has 2 aromatic rings. The van der Waals surface area contributed by atoms with Crippen molar-refractivity contribution in [2.75, 3.05) is 26.2 Å². The molecule has 1 fully saturated rings. The third-order valence-corrected chi connectivity index (χ3v) is 6.40. The Bertz CT molecular complexity index is 965. The third kappa shape index (κ3) is 3.99. The van der Waals surface area contributed by atoms with E-state index in [0.29, 0.717) is 0 Å². The zero-order chi connectivity index (χ0) is 19.6. The van der Waals surface area contributed by atoms with Crippen LogP contribution in [0.2, 0.25) is 0 Å². The van der Waals surface area contributed by atoms with E-state index in [-0.39, 0.29) is 48.2 Å². The van der Waals surface area contributed by atoms with Crippen molar-refractivity contribution < 1.29 is 18.1 Å².